The normalized spacial score (nSPS) is 9.61. The monoisotopic (exact) mass is 446 g/mol. The van der Waals surface area contributed by atoms with Gasteiger partial charge in [0.1, 0.15) is 0 Å². The number of fused-ring (bicyclic) bond motifs is 3. The van der Waals surface area contributed by atoms with Gasteiger partial charge < -0.3 is 24.8 Å². The van der Waals surface area contributed by atoms with Crippen LogP contribution in [0.1, 0.15) is 38.9 Å². The predicted molar refractivity (Wildman–Crippen MR) is 110 cm³/mol. The molecule has 0 atom stereocenters. The van der Waals surface area contributed by atoms with Gasteiger partial charge in [-0.2, -0.15) is 57.6 Å². The third kappa shape index (κ3) is 5.91. The van der Waals surface area contributed by atoms with Crippen LogP contribution in [-0.4, -0.2) is 0 Å². The van der Waals surface area contributed by atoms with Crippen molar-refractivity contribution < 1.29 is 46.5 Å². The standard InChI is InChI=1S/C13H9.C10H15.C2H4.2ClH.Ti/c1-3-7-12-10(5-1)9-11-6-2-4-8-13(11)12;1-6-7(2)9(4)10(5)8(6)3;1-2;;;/h1-5,7-8H,9H2;1-5H3;1-2H2;2*1H;/q2*-1;;;;+4/p-2. The number of hydrogen-bond acceptors (Lipinski definition) is 0. The molecule has 0 bridgehead atoms. The first kappa shape index (κ1) is 29.0. The van der Waals surface area contributed by atoms with Crippen LogP contribution in [0.3, 0.4) is 0 Å². The maximum absolute atomic E-state index is 3.30. The Morgan fingerprint density at radius 2 is 1.32 bits per heavy atom. The zero-order valence-electron chi connectivity index (χ0n) is 17.4. The van der Waals surface area contributed by atoms with Crippen LogP contribution in [0.15, 0.2) is 55.6 Å². The summed E-state index contributed by atoms with van der Waals surface area (Å²) in [6, 6.07) is 18.1. The number of rotatable bonds is 0. The first-order valence-corrected chi connectivity index (χ1v) is 8.78. The molecule has 0 aromatic heterocycles. The fourth-order valence-electron chi connectivity index (χ4n) is 3.40. The van der Waals surface area contributed by atoms with Gasteiger partial charge in [-0.3, -0.25) is 0 Å². The van der Waals surface area contributed by atoms with Crippen LogP contribution in [0.4, 0.5) is 0 Å². The smallest absolute Gasteiger partial charge is 1.00 e. The van der Waals surface area contributed by atoms with Crippen LogP contribution >= 0.6 is 0 Å². The fraction of sp³-hybridized carbons (Fsp3) is 0.240. The maximum atomic E-state index is 3.30. The summed E-state index contributed by atoms with van der Waals surface area (Å²) in [5.41, 5.74) is 12.8. The van der Waals surface area contributed by atoms with Gasteiger partial charge in [-0.25, -0.2) is 0 Å². The van der Waals surface area contributed by atoms with E-state index in [-0.39, 0.29) is 46.5 Å². The van der Waals surface area contributed by atoms with Gasteiger partial charge in [0.2, 0.25) is 0 Å². The van der Waals surface area contributed by atoms with Gasteiger partial charge in [-0.1, -0.05) is 70.0 Å². The van der Waals surface area contributed by atoms with Crippen molar-refractivity contribution in [3.05, 3.63) is 101 Å². The minimum absolute atomic E-state index is 0. The van der Waals surface area contributed by atoms with Crippen molar-refractivity contribution in [3.63, 3.8) is 0 Å². The van der Waals surface area contributed by atoms with E-state index in [1.54, 1.807) is 0 Å². The van der Waals surface area contributed by atoms with E-state index in [0.29, 0.717) is 0 Å². The van der Waals surface area contributed by atoms with Crippen LogP contribution < -0.4 is 24.8 Å². The molecule has 0 saturated carbocycles. The topological polar surface area (TPSA) is 0 Å². The second kappa shape index (κ2) is 13.1. The largest absolute Gasteiger partial charge is 4.00 e. The van der Waals surface area contributed by atoms with E-state index in [4.69, 9.17) is 0 Å². The van der Waals surface area contributed by atoms with E-state index in [0.717, 1.165) is 6.42 Å². The molecule has 1 aliphatic carbocycles. The van der Waals surface area contributed by atoms with E-state index in [1.807, 2.05) is 6.07 Å². The molecule has 3 aromatic carbocycles. The molecule has 0 heterocycles. The van der Waals surface area contributed by atoms with Crippen molar-refractivity contribution in [1.29, 1.82) is 0 Å². The van der Waals surface area contributed by atoms with Crippen molar-refractivity contribution in [2.75, 3.05) is 0 Å². The third-order valence-corrected chi connectivity index (χ3v) is 5.43. The first-order valence-electron chi connectivity index (χ1n) is 8.78. The summed E-state index contributed by atoms with van der Waals surface area (Å²) in [4.78, 5) is 0. The van der Waals surface area contributed by atoms with E-state index >= 15 is 0 Å². The summed E-state index contributed by atoms with van der Waals surface area (Å²) in [6.45, 7) is 17.0. The van der Waals surface area contributed by atoms with Gasteiger partial charge in [0.05, 0.1) is 0 Å². The summed E-state index contributed by atoms with van der Waals surface area (Å²) in [5.74, 6) is 0. The van der Waals surface area contributed by atoms with Crippen molar-refractivity contribution >= 4 is 0 Å². The molecule has 0 saturated heterocycles. The Hall–Kier alpha value is -1.18. The number of halogens is 2. The Morgan fingerprint density at radius 1 is 0.821 bits per heavy atom. The summed E-state index contributed by atoms with van der Waals surface area (Å²) < 4.78 is 0. The fourth-order valence-corrected chi connectivity index (χ4v) is 3.40. The van der Waals surface area contributed by atoms with Crippen molar-refractivity contribution in [2.24, 2.45) is 0 Å². The Bertz CT molecular complexity index is 754. The third-order valence-electron chi connectivity index (χ3n) is 5.43. The summed E-state index contributed by atoms with van der Waals surface area (Å²) >= 11 is 0. The Morgan fingerprint density at radius 3 is 1.82 bits per heavy atom. The molecule has 0 spiro atoms. The summed E-state index contributed by atoms with van der Waals surface area (Å²) in [7, 11) is 0. The van der Waals surface area contributed by atoms with Gasteiger partial charge in [0.15, 0.2) is 0 Å². The van der Waals surface area contributed by atoms with Gasteiger partial charge in [-0.05, 0) is 6.42 Å². The SMILES string of the molecule is C=C.Cc1c(C)c(C)[c-](C)c1C.[Cl-].[Cl-].[Ti+4].[c-]1cccc2c1Cc1ccccc1-2. The van der Waals surface area contributed by atoms with Crippen LogP contribution in [0, 0.1) is 40.7 Å². The molecule has 0 amide bonds. The summed E-state index contributed by atoms with van der Waals surface area (Å²) in [5, 5.41) is 0. The second-order valence-corrected chi connectivity index (χ2v) is 6.52. The number of hydrogen-bond donors (Lipinski definition) is 0. The molecule has 0 aliphatic heterocycles. The van der Waals surface area contributed by atoms with Gasteiger partial charge in [-0.15, -0.1) is 18.7 Å². The van der Waals surface area contributed by atoms with E-state index in [9.17, 15) is 0 Å². The zero-order chi connectivity index (χ0) is 18.6. The molecule has 4 rings (SSSR count). The van der Waals surface area contributed by atoms with Crippen LogP contribution in [-0.2, 0) is 28.1 Å². The molecule has 1 aliphatic rings. The Labute approximate surface area is 198 Å². The molecular formula is C25H28Cl2Ti. The summed E-state index contributed by atoms with van der Waals surface area (Å²) in [6.07, 6.45) is 1.05. The Kier molecular flexibility index (Phi) is 13.6. The molecular weight excluding hydrogens is 419 g/mol. The van der Waals surface area contributed by atoms with Gasteiger partial charge in [0.25, 0.3) is 0 Å². The molecule has 0 unspecified atom stereocenters. The zero-order valence-corrected chi connectivity index (χ0v) is 20.5. The number of benzene rings is 2. The van der Waals surface area contributed by atoms with Crippen LogP contribution in [0.5, 0.6) is 0 Å². The first-order chi connectivity index (χ1) is 12.0. The molecule has 28 heavy (non-hydrogen) atoms. The molecule has 0 N–H and O–H groups in total. The quantitative estimate of drug-likeness (QED) is 0.213. The van der Waals surface area contributed by atoms with E-state index < -0.39 is 0 Å². The van der Waals surface area contributed by atoms with Crippen molar-refractivity contribution in [1.82, 2.24) is 0 Å². The molecule has 0 fully saturated rings. The van der Waals surface area contributed by atoms with E-state index in [2.05, 4.69) is 90.2 Å². The van der Waals surface area contributed by atoms with Crippen LogP contribution in [0.25, 0.3) is 11.1 Å². The molecule has 3 heteroatoms. The molecule has 146 valence electrons. The average molecular weight is 447 g/mol. The molecule has 3 aromatic rings. The minimum atomic E-state index is 0. The average Bonchev–Trinajstić information content (AvgIpc) is 3.12. The maximum Gasteiger partial charge on any atom is 4.00 e. The van der Waals surface area contributed by atoms with Gasteiger partial charge >= 0.3 is 21.7 Å². The van der Waals surface area contributed by atoms with E-state index in [1.165, 1.54) is 50.1 Å². The molecule has 0 radical (unpaired) electrons. The molecule has 0 nitrogen and oxygen atoms in total. The van der Waals surface area contributed by atoms with Crippen molar-refractivity contribution in [2.45, 2.75) is 41.0 Å². The Balaban J connectivity index is 0. The van der Waals surface area contributed by atoms with Crippen LogP contribution in [0.2, 0.25) is 0 Å². The van der Waals surface area contributed by atoms with Crippen molar-refractivity contribution in [3.8, 4) is 11.1 Å². The predicted octanol–water partition coefficient (Wildman–Crippen LogP) is 0.813. The second-order valence-electron chi connectivity index (χ2n) is 6.52. The minimum Gasteiger partial charge on any atom is -1.00 e. The van der Waals surface area contributed by atoms with Gasteiger partial charge in [0, 0.05) is 0 Å².